The third kappa shape index (κ3) is 1.93. The first-order chi connectivity index (χ1) is 9.25. The molecular formula is C12H4F6O2. The number of benzene rings is 2. The second-order valence-corrected chi connectivity index (χ2v) is 3.77. The van der Waals surface area contributed by atoms with E-state index in [9.17, 15) is 26.3 Å². The SMILES string of the molecule is Oc1cc(-c2cc(F)c(O)c(F)c2F)c(F)c(F)c1F. The average Bonchev–Trinajstić information content (AvgIpc) is 2.42. The highest BCUT2D eigenvalue weighted by molar-refractivity contribution is 5.68. The van der Waals surface area contributed by atoms with Crippen molar-refractivity contribution in [3.63, 3.8) is 0 Å². The maximum absolute atomic E-state index is 13.5. The summed E-state index contributed by atoms with van der Waals surface area (Å²) >= 11 is 0. The largest absolute Gasteiger partial charge is 0.505 e. The van der Waals surface area contributed by atoms with Crippen LogP contribution in [0.5, 0.6) is 11.5 Å². The van der Waals surface area contributed by atoms with Crippen molar-refractivity contribution in [3.8, 4) is 22.6 Å². The fraction of sp³-hybridized carbons (Fsp3) is 0. The number of hydrogen-bond acceptors (Lipinski definition) is 2. The molecule has 0 amide bonds. The molecule has 2 N–H and O–H groups in total. The van der Waals surface area contributed by atoms with Crippen molar-refractivity contribution in [3.05, 3.63) is 47.0 Å². The van der Waals surface area contributed by atoms with E-state index < -0.39 is 57.5 Å². The van der Waals surface area contributed by atoms with Gasteiger partial charge in [-0.05, 0) is 12.1 Å². The molecule has 2 nitrogen and oxygen atoms in total. The summed E-state index contributed by atoms with van der Waals surface area (Å²) in [7, 11) is 0. The van der Waals surface area contributed by atoms with Crippen LogP contribution < -0.4 is 0 Å². The molecule has 2 rings (SSSR count). The van der Waals surface area contributed by atoms with Crippen LogP contribution in [0.25, 0.3) is 11.1 Å². The molecule has 106 valence electrons. The van der Waals surface area contributed by atoms with Crippen molar-refractivity contribution in [1.82, 2.24) is 0 Å². The Hall–Kier alpha value is -2.38. The van der Waals surface area contributed by atoms with E-state index in [1.165, 1.54) is 0 Å². The number of phenolic OH excluding ortho intramolecular Hbond substituents is 2. The zero-order chi connectivity index (χ0) is 15.2. The van der Waals surface area contributed by atoms with E-state index >= 15 is 0 Å². The molecule has 0 heterocycles. The maximum atomic E-state index is 13.5. The Kier molecular flexibility index (Phi) is 3.24. The Bertz CT molecular complexity index is 653. The van der Waals surface area contributed by atoms with Gasteiger partial charge in [-0.15, -0.1) is 0 Å². The Morgan fingerprint density at radius 3 is 1.70 bits per heavy atom. The van der Waals surface area contributed by atoms with Crippen LogP contribution in [-0.4, -0.2) is 10.2 Å². The standard InChI is InChI=1S/C12H4F6O2/c13-5-1-3(8(15)11(18)12(5)20)4-2-6(19)9(16)10(17)7(4)14/h1-2,19-20H. The fourth-order valence-corrected chi connectivity index (χ4v) is 1.57. The van der Waals surface area contributed by atoms with Gasteiger partial charge in [0.2, 0.25) is 11.6 Å². The first-order valence-corrected chi connectivity index (χ1v) is 4.99. The van der Waals surface area contributed by atoms with Gasteiger partial charge in [0.05, 0.1) is 0 Å². The molecule has 0 aromatic heterocycles. The first-order valence-electron chi connectivity index (χ1n) is 4.99. The predicted molar refractivity (Wildman–Crippen MR) is 55.0 cm³/mol. The highest BCUT2D eigenvalue weighted by Gasteiger charge is 2.25. The summed E-state index contributed by atoms with van der Waals surface area (Å²) in [5.41, 5.74) is -2.22. The molecule has 0 atom stereocenters. The van der Waals surface area contributed by atoms with Crippen LogP contribution in [0.3, 0.4) is 0 Å². The van der Waals surface area contributed by atoms with E-state index in [-0.39, 0.29) is 12.1 Å². The van der Waals surface area contributed by atoms with Crippen molar-refractivity contribution in [1.29, 1.82) is 0 Å². The van der Waals surface area contributed by atoms with Crippen LogP contribution in [0.2, 0.25) is 0 Å². The van der Waals surface area contributed by atoms with E-state index in [2.05, 4.69) is 0 Å². The third-order valence-corrected chi connectivity index (χ3v) is 2.55. The number of phenols is 2. The topological polar surface area (TPSA) is 40.5 Å². The van der Waals surface area contributed by atoms with Gasteiger partial charge in [-0.3, -0.25) is 0 Å². The summed E-state index contributed by atoms with van der Waals surface area (Å²) in [6.07, 6.45) is 0. The lowest BCUT2D eigenvalue weighted by atomic mass is 10.0. The number of rotatable bonds is 1. The molecule has 8 heteroatoms. The second-order valence-electron chi connectivity index (χ2n) is 3.77. The van der Waals surface area contributed by atoms with Crippen molar-refractivity contribution >= 4 is 0 Å². The Balaban J connectivity index is 2.83. The molecule has 0 aliphatic carbocycles. The lowest BCUT2D eigenvalue weighted by molar-refractivity contribution is 0.376. The molecule has 0 bridgehead atoms. The van der Waals surface area contributed by atoms with Gasteiger partial charge in [-0.2, -0.15) is 8.78 Å². The van der Waals surface area contributed by atoms with Gasteiger partial charge >= 0.3 is 0 Å². The molecule has 2 aromatic carbocycles. The Morgan fingerprint density at radius 2 is 1.10 bits per heavy atom. The van der Waals surface area contributed by atoms with Crippen molar-refractivity contribution in [2.45, 2.75) is 0 Å². The zero-order valence-electron chi connectivity index (χ0n) is 9.32. The quantitative estimate of drug-likeness (QED) is 0.479. The van der Waals surface area contributed by atoms with Crippen LogP contribution in [0, 0.1) is 34.9 Å². The van der Waals surface area contributed by atoms with Crippen molar-refractivity contribution in [2.75, 3.05) is 0 Å². The summed E-state index contributed by atoms with van der Waals surface area (Å²) in [6.45, 7) is 0. The van der Waals surface area contributed by atoms with Gasteiger partial charge in [-0.25, -0.2) is 17.6 Å². The van der Waals surface area contributed by atoms with Crippen LogP contribution in [0.4, 0.5) is 26.3 Å². The molecule has 0 saturated heterocycles. The van der Waals surface area contributed by atoms with Crippen molar-refractivity contribution in [2.24, 2.45) is 0 Å². The lowest BCUT2D eigenvalue weighted by Gasteiger charge is -2.09. The highest BCUT2D eigenvalue weighted by Crippen LogP contribution is 2.36. The average molecular weight is 294 g/mol. The Labute approximate surface area is 107 Å². The molecular weight excluding hydrogens is 290 g/mol. The van der Waals surface area contributed by atoms with Gasteiger partial charge in [0.25, 0.3) is 0 Å². The molecule has 0 saturated carbocycles. The minimum absolute atomic E-state index is 0.183. The third-order valence-electron chi connectivity index (χ3n) is 2.55. The maximum Gasteiger partial charge on any atom is 0.204 e. The van der Waals surface area contributed by atoms with E-state index in [0.717, 1.165) is 0 Å². The van der Waals surface area contributed by atoms with E-state index in [1.54, 1.807) is 0 Å². The van der Waals surface area contributed by atoms with Crippen LogP contribution >= 0.6 is 0 Å². The molecule has 0 unspecified atom stereocenters. The van der Waals surface area contributed by atoms with Gasteiger partial charge in [0.15, 0.2) is 34.8 Å². The summed E-state index contributed by atoms with van der Waals surface area (Å²) in [4.78, 5) is 0. The minimum Gasteiger partial charge on any atom is -0.505 e. The normalized spacial score (nSPS) is 10.9. The predicted octanol–water partition coefficient (Wildman–Crippen LogP) is 3.60. The van der Waals surface area contributed by atoms with Crippen LogP contribution in [0.1, 0.15) is 0 Å². The number of halogens is 6. The van der Waals surface area contributed by atoms with Gasteiger partial charge in [0.1, 0.15) is 0 Å². The van der Waals surface area contributed by atoms with Crippen LogP contribution in [-0.2, 0) is 0 Å². The monoisotopic (exact) mass is 294 g/mol. The molecule has 0 aliphatic rings. The van der Waals surface area contributed by atoms with Gasteiger partial charge in [-0.1, -0.05) is 0 Å². The summed E-state index contributed by atoms with van der Waals surface area (Å²) in [5, 5.41) is 17.8. The smallest absolute Gasteiger partial charge is 0.204 e. The second kappa shape index (κ2) is 4.62. The molecule has 2 aromatic rings. The molecule has 20 heavy (non-hydrogen) atoms. The number of hydrogen-bond donors (Lipinski definition) is 2. The van der Waals surface area contributed by atoms with E-state index in [1.807, 2.05) is 0 Å². The minimum atomic E-state index is -2.13. The molecule has 0 spiro atoms. The number of aromatic hydroxyl groups is 2. The van der Waals surface area contributed by atoms with Crippen molar-refractivity contribution < 1.29 is 36.6 Å². The summed E-state index contributed by atoms with van der Waals surface area (Å²) in [5.74, 6) is -14.5. The lowest BCUT2D eigenvalue weighted by Crippen LogP contribution is -1.99. The Morgan fingerprint density at radius 1 is 0.600 bits per heavy atom. The summed E-state index contributed by atoms with van der Waals surface area (Å²) in [6, 6.07) is 0.449. The zero-order valence-corrected chi connectivity index (χ0v) is 9.32. The first kappa shape index (κ1) is 14.0. The molecule has 0 aliphatic heterocycles. The van der Waals surface area contributed by atoms with E-state index in [0.29, 0.717) is 0 Å². The molecule has 0 radical (unpaired) electrons. The molecule has 0 fully saturated rings. The fourth-order valence-electron chi connectivity index (χ4n) is 1.57. The van der Waals surface area contributed by atoms with Crippen LogP contribution in [0.15, 0.2) is 12.1 Å². The van der Waals surface area contributed by atoms with Gasteiger partial charge in [0, 0.05) is 11.1 Å². The van der Waals surface area contributed by atoms with E-state index in [4.69, 9.17) is 10.2 Å². The highest BCUT2D eigenvalue weighted by atomic mass is 19.2. The van der Waals surface area contributed by atoms with Gasteiger partial charge < -0.3 is 10.2 Å². The summed E-state index contributed by atoms with van der Waals surface area (Å²) < 4.78 is 79.2.